The van der Waals surface area contributed by atoms with Crippen LogP contribution in [-0.4, -0.2) is 0 Å². The lowest BCUT2D eigenvalue weighted by Crippen LogP contribution is -2.21. The molecule has 0 amide bonds. The van der Waals surface area contributed by atoms with Crippen LogP contribution in [0.3, 0.4) is 0 Å². The summed E-state index contributed by atoms with van der Waals surface area (Å²) in [4.78, 5) is 0. The molecule has 0 atom stereocenters. The van der Waals surface area contributed by atoms with Crippen LogP contribution in [0.1, 0.15) is 135 Å². The van der Waals surface area contributed by atoms with E-state index in [2.05, 4.69) is 0 Å². The fourth-order valence-corrected chi connectivity index (χ4v) is 6.38. The van der Waals surface area contributed by atoms with E-state index in [0.717, 1.165) is 23.7 Å². The zero-order valence-corrected chi connectivity index (χ0v) is 17.2. The largest absolute Gasteiger partial charge is 0.0533 e. The third-order valence-electron chi connectivity index (χ3n) is 8.17. The van der Waals surface area contributed by atoms with E-state index >= 15 is 0 Å². The van der Waals surface area contributed by atoms with Crippen molar-refractivity contribution < 1.29 is 0 Å². The van der Waals surface area contributed by atoms with Crippen LogP contribution in [0.15, 0.2) is 0 Å². The molecule has 0 heterocycles. The summed E-state index contributed by atoms with van der Waals surface area (Å²) >= 11 is 0. The van der Waals surface area contributed by atoms with Crippen molar-refractivity contribution in [3.8, 4) is 0 Å². The summed E-state index contributed by atoms with van der Waals surface area (Å²) in [5.41, 5.74) is 0. The van der Waals surface area contributed by atoms with Gasteiger partial charge in [0.2, 0.25) is 0 Å². The standard InChI is InChI=1S/C12H22.C8H14.C5H10/c1-3-7-11(8-4-1)12-9-5-2-6-10-12;1-2-8-5-3-7(1)4-6-8;1-2-4-5-3-1/h11-12H,1-10H2;7-8H,1-6H2;1-5H2. The average Bonchev–Trinajstić information content (AvgIpc) is 3.32. The topological polar surface area (TPSA) is 0 Å². The summed E-state index contributed by atoms with van der Waals surface area (Å²) in [6.07, 6.45) is 32.3. The predicted octanol–water partition coefficient (Wildman–Crippen LogP) is 8.68. The minimum Gasteiger partial charge on any atom is -0.0533 e. The molecule has 0 radical (unpaired) electrons. The fraction of sp³-hybridized carbons (Fsp3) is 1.00. The molecule has 0 aromatic carbocycles. The van der Waals surface area contributed by atoms with Gasteiger partial charge in [0, 0.05) is 0 Å². The first-order valence-corrected chi connectivity index (χ1v) is 12.4. The number of fused-ring (bicyclic) bond motifs is 3. The summed E-state index contributed by atoms with van der Waals surface area (Å²) in [5, 5.41) is 0. The van der Waals surface area contributed by atoms with Crippen LogP contribution >= 0.6 is 0 Å². The molecule has 0 nitrogen and oxygen atoms in total. The molecule has 0 aromatic heterocycles. The van der Waals surface area contributed by atoms with Gasteiger partial charge in [-0.15, -0.1) is 0 Å². The lowest BCUT2D eigenvalue weighted by atomic mass is 9.71. The Bertz CT molecular complexity index is 262. The third-order valence-corrected chi connectivity index (χ3v) is 8.17. The van der Waals surface area contributed by atoms with Gasteiger partial charge in [-0.25, -0.2) is 0 Å². The van der Waals surface area contributed by atoms with Crippen molar-refractivity contribution in [1.29, 1.82) is 0 Å². The highest BCUT2D eigenvalue weighted by molar-refractivity contribution is 4.79. The fourth-order valence-electron chi connectivity index (χ4n) is 6.38. The highest BCUT2D eigenvalue weighted by atomic mass is 14.3. The molecular weight excluding hydrogens is 300 g/mol. The van der Waals surface area contributed by atoms with Crippen LogP contribution < -0.4 is 0 Å². The smallest absolute Gasteiger partial charge is 0.0386 e. The molecule has 0 unspecified atom stereocenters. The van der Waals surface area contributed by atoms with Crippen LogP contribution in [-0.2, 0) is 0 Å². The third kappa shape index (κ3) is 7.26. The van der Waals surface area contributed by atoms with Crippen LogP contribution in [0.2, 0.25) is 0 Å². The summed E-state index contributed by atoms with van der Waals surface area (Å²) in [7, 11) is 0. The molecular formula is C25H46. The molecule has 0 heteroatoms. The highest BCUT2D eigenvalue weighted by Gasteiger charge is 2.26. The Hall–Kier alpha value is 0. The maximum absolute atomic E-state index is 1.56. The average molecular weight is 347 g/mol. The van der Waals surface area contributed by atoms with E-state index in [1.165, 1.54) is 70.6 Å². The van der Waals surface area contributed by atoms with E-state index in [9.17, 15) is 0 Å². The number of hydrogen-bond acceptors (Lipinski definition) is 0. The van der Waals surface area contributed by atoms with Gasteiger partial charge in [-0.2, -0.15) is 0 Å². The van der Waals surface area contributed by atoms with Crippen LogP contribution in [0.4, 0.5) is 0 Å². The van der Waals surface area contributed by atoms with Crippen LogP contribution in [0.25, 0.3) is 0 Å². The molecule has 0 aliphatic heterocycles. The van der Waals surface area contributed by atoms with Crippen LogP contribution in [0, 0.1) is 23.7 Å². The summed E-state index contributed by atoms with van der Waals surface area (Å²) in [5.74, 6) is 4.58. The lowest BCUT2D eigenvalue weighted by Gasteiger charge is -2.35. The van der Waals surface area contributed by atoms with Crippen molar-refractivity contribution in [2.75, 3.05) is 0 Å². The van der Waals surface area contributed by atoms with E-state index in [0.29, 0.717) is 0 Å². The number of hydrogen-bond donors (Lipinski definition) is 0. The van der Waals surface area contributed by atoms with Crippen LogP contribution in [0.5, 0.6) is 0 Å². The molecule has 2 bridgehead atoms. The second kappa shape index (κ2) is 11.7. The summed E-state index contributed by atoms with van der Waals surface area (Å²) in [6.45, 7) is 0. The van der Waals surface area contributed by atoms with Crippen molar-refractivity contribution >= 4 is 0 Å². The molecule has 25 heavy (non-hydrogen) atoms. The molecule has 0 saturated heterocycles. The first-order chi connectivity index (χ1) is 12.4. The zero-order chi connectivity index (χ0) is 17.2. The van der Waals surface area contributed by atoms with Gasteiger partial charge in [-0.3, -0.25) is 0 Å². The van der Waals surface area contributed by atoms with Crippen molar-refractivity contribution in [3.05, 3.63) is 0 Å². The SMILES string of the molecule is C1CC2CCC1CC2.C1CCC(C2CCCCC2)CC1.C1CCCC1. The highest BCUT2D eigenvalue weighted by Crippen LogP contribution is 2.40. The van der Waals surface area contributed by atoms with Crippen molar-refractivity contribution in [3.63, 3.8) is 0 Å². The Labute approximate surface area is 158 Å². The zero-order valence-electron chi connectivity index (χ0n) is 17.2. The molecule has 0 N–H and O–H groups in total. The lowest BCUT2D eigenvalue weighted by molar-refractivity contribution is 0.176. The van der Waals surface area contributed by atoms with E-state index in [1.54, 1.807) is 64.2 Å². The Balaban J connectivity index is 0.000000120. The maximum Gasteiger partial charge on any atom is -0.0386 e. The van der Waals surface area contributed by atoms with Gasteiger partial charge in [0.25, 0.3) is 0 Å². The van der Waals surface area contributed by atoms with Crippen molar-refractivity contribution in [2.24, 2.45) is 23.7 Å². The second-order valence-corrected chi connectivity index (χ2v) is 10.0. The van der Waals surface area contributed by atoms with E-state index in [4.69, 9.17) is 0 Å². The summed E-state index contributed by atoms with van der Waals surface area (Å²) < 4.78 is 0. The Morgan fingerprint density at radius 1 is 0.240 bits per heavy atom. The van der Waals surface area contributed by atoms with Gasteiger partial charge < -0.3 is 0 Å². The van der Waals surface area contributed by atoms with E-state index < -0.39 is 0 Å². The summed E-state index contributed by atoms with van der Waals surface area (Å²) in [6, 6.07) is 0. The van der Waals surface area contributed by atoms with Gasteiger partial charge in [0.15, 0.2) is 0 Å². The Morgan fingerprint density at radius 2 is 0.480 bits per heavy atom. The normalized spacial score (nSPS) is 33.1. The Morgan fingerprint density at radius 3 is 0.720 bits per heavy atom. The molecule has 6 saturated carbocycles. The van der Waals surface area contributed by atoms with Gasteiger partial charge in [-0.1, -0.05) is 135 Å². The number of rotatable bonds is 1. The second-order valence-electron chi connectivity index (χ2n) is 10.0. The molecule has 0 aromatic rings. The monoisotopic (exact) mass is 346 g/mol. The van der Waals surface area contributed by atoms with Gasteiger partial charge >= 0.3 is 0 Å². The molecule has 6 aliphatic rings. The first kappa shape index (κ1) is 19.8. The van der Waals surface area contributed by atoms with Crippen molar-refractivity contribution in [2.45, 2.75) is 135 Å². The van der Waals surface area contributed by atoms with Gasteiger partial charge in [0.1, 0.15) is 0 Å². The molecule has 146 valence electrons. The van der Waals surface area contributed by atoms with E-state index in [1.807, 2.05) is 0 Å². The molecule has 6 rings (SSSR count). The van der Waals surface area contributed by atoms with E-state index in [-0.39, 0.29) is 0 Å². The molecule has 6 fully saturated rings. The minimum absolute atomic E-state index is 1.14. The van der Waals surface area contributed by atoms with Gasteiger partial charge in [0.05, 0.1) is 0 Å². The quantitative estimate of drug-likeness (QED) is 0.445. The minimum atomic E-state index is 1.14. The first-order valence-electron chi connectivity index (χ1n) is 12.4. The molecule has 0 spiro atoms. The van der Waals surface area contributed by atoms with Crippen molar-refractivity contribution in [1.82, 2.24) is 0 Å². The Kier molecular flexibility index (Phi) is 9.21. The molecule has 6 aliphatic carbocycles. The van der Waals surface area contributed by atoms with Gasteiger partial charge in [-0.05, 0) is 23.7 Å². The predicted molar refractivity (Wildman–Crippen MR) is 111 cm³/mol. The maximum atomic E-state index is 1.56.